The van der Waals surface area contributed by atoms with Gasteiger partial charge in [0, 0.05) is 38.0 Å². The first-order chi connectivity index (χ1) is 13.3. The molecule has 2 N–H and O–H groups in total. The molecular formula is C21H29IN4O2. The standard InChI is InChI=1S/C21H28N4O2.HI/c1-3-26-19-7-5-4-6-18(19)14-25-21(22-2)24-13-17-10-11-23-20(12-17)27-15-16-8-9-16;/h4-7,10-12,16H,3,8-9,13-15H2,1-2H3,(H2,22,24,25);1H. The number of guanidine groups is 1. The van der Waals surface area contributed by atoms with E-state index >= 15 is 0 Å². The smallest absolute Gasteiger partial charge is 0.213 e. The molecular weight excluding hydrogens is 467 g/mol. The van der Waals surface area contributed by atoms with E-state index in [2.05, 4.69) is 26.7 Å². The third-order valence-electron chi connectivity index (χ3n) is 4.37. The molecule has 1 aliphatic rings. The number of ether oxygens (including phenoxy) is 2. The lowest BCUT2D eigenvalue weighted by atomic mass is 10.2. The van der Waals surface area contributed by atoms with Gasteiger partial charge < -0.3 is 20.1 Å². The van der Waals surface area contributed by atoms with Gasteiger partial charge in [-0.1, -0.05) is 18.2 Å². The first-order valence-corrected chi connectivity index (χ1v) is 9.51. The zero-order valence-corrected chi connectivity index (χ0v) is 18.8. The van der Waals surface area contributed by atoms with Crippen molar-refractivity contribution >= 4 is 29.9 Å². The fraction of sp³-hybridized carbons (Fsp3) is 0.429. The minimum atomic E-state index is 0. The van der Waals surface area contributed by atoms with Gasteiger partial charge in [-0.05, 0) is 43.4 Å². The summed E-state index contributed by atoms with van der Waals surface area (Å²) in [4.78, 5) is 8.57. The lowest BCUT2D eigenvalue weighted by molar-refractivity contribution is 0.288. The van der Waals surface area contributed by atoms with E-state index < -0.39 is 0 Å². The summed E-state index contributed by atoms with van der Waals surface area (Å²) in [6.45, 7) is 4.70. The first-order valence-electron chi connectivity index (χ1n) is 9.51. The molecule has 0 bridgehead atoms. The molecule has 1 saturated carbocycles. The van der Waals surface area contributed by atoms with Crippen molar-refractivity contribution in [2.75, 3.05) is 20.3 Å². The summed E-state index contributed by atoms with van der Waals surface area (Å²) in [5.74, 6) is 3.04. The lowest BCUT2D eigenvalue weighted by Crippen LogP contribution is -2.36. The van der Waals surface area contributed by atoms with Crippen LogP contribution in [0, 0.1) is 5.92 Å². The first kappa shape index (κ1) is 22.3. The molecule has 0 atom stereocenters. The fourth-order valence-corrected chi connectivity index (χ4v) is 2.66. The van der Waals surface area contributed by atoms with Crippen molar-refractivity contribution in [1.82, 2.24) is 15.6 Å². The number of rotatable bonds is 9. The molecule has 1 aliphatic carbocycles. The van der Waals surface area contributed by atoms with Crippen LogP contribution >= 0.6 is 24.0 Å². The van der Waals surface area contributed by atoms with Gasteiger partial charge in [0.2, 0.25) is 5.88 Å². The third kappa shape index (κ3) is 7.18. The number of para-hydroxylation sites is 1. The molecule has 6 nitrogen and oxygen atoms in total. The van der Waals surface area contributed by atoms with Gasteiger partial charge in [0.05, 0.1) is 13.2 Å². The Morgan fingerprint density at radius 1 is 1.14 bits per heavy atom. The van der Waals surface area contributed by atoms with Crippen LogP contribution in [0.25, 0.3) is 0 Å². The van der Waals surface area contributed by atoms with E-state index in [9.17, 15) is 0 Å². The molecule has 1 heterocycles. The maximum Gasteiger partial charge on any atom is 0.213 e. The Hall–Kier alpha value is -2.03. The highest BCUT2D eigenvalue weighted by molar-refractivity contribution is 14.0. The second-order valence-electron chi connectivity index (χ2n) is 6.58. The van der Waals surface area contributed by atoms with Gasteiger partial charge in [0.1, 0.15) is 5.75 Å². The molecule has 0 saturated heterocycles. The highest BCUT2D eigenvalue weighted by Crippen LogP contribution is 2.29. The summed E-state index contributed by atoms with van der Waals surface area (Å²) in [6, 6.07) is 12.0. The van der Waals surface area contributed by atoms with E-state index in [4.69, 9.17) is 9.47 Å². The van der Waals surface area contributed by atoms with Crippen molar-refractivity contribution in [2.45, 2.75) is 32.9 Å². The number of benzene rings is 1. The van der Waals surface area contributed by atoms with Gasteiger partial charge in [-0.15, -0.1) is 24.0 Å². The average molecular weight is 496 g/mol. The van der Waals surface area contributed by atoms with E-state index in [1.165, 1.54) is 12.8 Å². The molecule has 2 aromatic rings. The summed E-state index contributed by atoms with van der Waals surface area (Å²) in [5, 5.41) is 6.66. The van der Waals surface area contributed by atoms with E-state index in [-0.39, 0.29) is 24.0 Å². The Bertz CT molecular complexity index is 766. The molecule has 1 aromatic carbocycles. The number of nitrogens with one attached hydrogen (secondary N) is 2. The summed E-state index contributed by atoms with van der Waals surface area (Å²) >= 11 is 0. The summed E-state index contributed by atoms with van der Waals surface area (Å²) in [5.41, 5.74) is 2.20. The second kappa shape index (κ2) is 11.7. The Kier molecular flexibility index (Phi) is 9.33. The normalized spacial score (nSPS) is 13.4. The van der Waals surface area contributed by atoms with Gasteiger partial charge in [-0.25, -0.2) is 4.98 Å². The Morgan fingerprint density at radius 3 is 2.68 bits per heavy atom. The van der Waals surface area contributed by atoms with E-state index in [1.807, 2.05) is 37.3 Å². The number of nitrogens with zero attached hydrogens (tertiary/aromatic N) is 2. The molecule has 0 amide bonds. The summed E-state index contributed by atoms with van der Waals surface area (Å²) in [6.07, 6.45) is 4.33. The molecule has 0 spiro atoms. The number of hydrogen-bond donors (Lipinski definition) is 2. The number of pyridine rings is 1. The van der Waals surface area contributed by atoms with Gasteiger partial charge in [0.15, 0.2) is 5.96 Å². The maximum atomic E-state index is 5.75. The molecule has 152 valence electrons. The van der Waals surface area contributed by atoms with Gasteiger partial charge in [-0.3, -0.25) is 4.99 Å². The van der Waals surface area contributed by atoms with E-state index in [1.54, 1.807) is 13.2 Å². The predicted octanol–water partition coefficient (Wildman–Crippen LogP) is 3.75. The predicted molar refractivity (Wildman–Crippen MR) is 123 cm³/mol. The zero-order chi connectivity index (χ0) is 18.9. The number of aromatic nitrogens is 1. The van der Waals surface area contributed by atoms with Crippen LogP contribution in [0.15, 0.2) is 47.6 Å². The van der Waals surface area contributed by atoms with Crippen molar-refractivity contribution in [3.8, 4) is 11.6 Å². The number of halogens is 1. The van der Waals surface area contributed by atoms with Crippen LogP contribution in [-0.4, -0.2) is 31.2 Å². The quantitative estimate of drug-likeness (QED) is 0.315. The molecule has 0 unspecified atom stereocenters. The van der Waals surface area contributed by atoms with Crippen molar-refractivity contribution in [2.24, 2.45) is 10.9 Å². The minimum absolute atomic E-state index is 0. The van der Waals surface area contributed by atoms with Crippen molar-refractivity contribution in [1.29, 1.82) is 0 Å². The maximum absolute atomic E-state index is 5.75. The SMILES string of the molecule is CCOc1ccccc1CNC(=NC)NCc1ccnc(OCC2CC2)c1.I. The highest BCUT2D eigenvalue weighted by atomic mass is 127. The lowest BCUT2D eigenvalue weighted by Gasteiger charge is -2.14. The molecule has 1 aromatic heterocycles. The number of hydrogen-bond acceptors (Lipinski definition) is 4. The Morgan fingerprint density at radius 2 is 1.93 bits per heavy atom. The van der Waals surface area contributed by atoms with Crippen LogP contribution in [0.3, 0.4) is 0 Å². The van der Waals surface area contributed by atoms with E-state index in [0.717, 1.165) is 35.4 Å². The topological polar surface area (TPSA) is 67.8 Å². The second-order valence-corrected chi connectivity index (χ2v) is 6.58. The molecule has 7 heteroatoms. The Balaban J connectivity index is 0.00000280. The van der Waals surface area contributed by atoms with Gasteiger partial charge in [-0.2, -0.15) is 0 Å². The Labute approximate surface area is 184 Å². The van der Waals surface area contributed by atoms with Crippen molar-refractivity contribution < 1.29 is 9.47 Å². The number of aliphatic imine (C=N–C) groups is 1. The molecule has 28 heavy (non-hydrogen) atoms. The van der Waals surface area contributed by atoms with Crippen LogP contribution in [0.2, 0.25) is 0 Å². The van der Waals surface area contributed by atoms with Crippen LogP contribution in [0.1, 0.15) is 30.9 Å². The molecule has 3 rings (SSSR count). The largest absolute Gasteiger partial charge is 0.494 e. The van der Waals surface area contributed by atoms with Crippen LogP contribution in [0.5, 0.6) is 11.6 Å². The van der Waals surface area contributed by atoms with Gasteiger partial charge >= 0.3 is 0 Å². The summed E-state index contributed by atoms with van der Waals surface area (Å²) in [7, 11) is 1.76. The molecule has 1 fully saturated rings. The van der Waals surface area contributed by atoms with Crippen LogP contribution in [0.4, 0.5) is 0 Å². The molecule has 0 radical (unpaired) electrons. The van der Waals surface area contributed by atoms with Crippen LogP contribution < -0.4 is 20.1 Å². The average Bonchev–Trinajstić information content (AvgIpc) is 3.53. The summed E-state index contributed by atoms with van der Waals surface area (Å²) < 4.78 is 11.4. The fourth-order valence-electron chi connectivity index (χ4n) is 2.66. The minimum Gasteiger partial charge on any atom is -0.494 e. The van der Waals surface area contributed by atoms with Gasteiger partial charge in [0.25, 0.3) is 0 Å². The van der Waals surface area contributed by atoms with Crippen LogP contribution in [-0.2, 0) is 13.1 Å². The van der Waals surface area contributed by atoms with Crippen molar-refractivity contribution in [3.05, 3.63) is 53.7 Å². The third-order valence-corrected chi connectivity index (χ3v) is 4.37. The zero-order valence-electron chi connectivity index (χ0n) is 16.5. The van der Waals surface area contributed by atoms with Crippen molar-refractivity contribution in [3.63, 3.8) is 0 Å². The van der Waals surface area contributed by atoms with E-state index in [0.29, 0.717) is 25.6 Å². The molecule has 0 aliphatic heterocycles. The monoisotopic (exact) mass is 496 g/mol. The highest BCUT2D eigenvalue weighted by Gasteiger charge is 2.22.